The molecule has 5 nitrogen and oxygen atoms in total. The van der Waals surface area contributed by atoms with E-state index in [4.69, 9.17) is 0 Å². The van der Waals surface area contributed by atoms with Crippen molar-refractivity contribution in [2.24, 2.45) is 0 Å². The van der Waals surface area contributed by atoms with Gasteiger partial charge in [-0.05, 0) is 32.2 Å². The van der Waals surface area contributed by atoms with Crippen LogP contribution in [0.2, 0.25) is 0 Å². The molecule has 0 aromatic carbocycles. The number of hydrogen-bond acceptors (Lipinski definition) is 4. The van der Waals surface area contributed by atoms with Crippen molar-refractivity contribution in [3.8, 4) is 10.6 Å². The molecule has 0 bridgehead atoms. The van der Waals surface area contributed by atoms with Crippen molar-refractivity contribution in [1.82, 2.24) is 20.8 Å². The van der Waals surface area contributed by atoms with Crippen LogP contribution in [0.25, 0.3) is 10.6 Å². The molecule has 0 saturated carbocycles. The standard InChI is InChI=1S/C14H20N4OS/c1-9(2)17-14(19)10(3)15-7-11-8-16-18-13(11)12-5-4-6-20-12/h4-6,8-10,15H,7H2,1-3H3,(H,16,18)(H,17,19). The summed E-state index contributed by atoms with van der Waals surface area (Å²) >= 11 is 1.67. The summed E-state index contributed by atoms with van der Waals surface area (Å²) in [6.07, 6.45) is 1.80. The Morgan fingerprint density at radius 3 is 2.90 bits per heavy atom. The van der Waals surface area contributed by atoms with Crippen LogP contribution in [0.1, 0.15) is 26.3 Å². The topological polar surface area (TPSA) is 69.8 Å². The van der Waals surface area contributed by atoms with Crippen molar-refractivity contribution in [2.75, 3.05) is 0 Å². The summed E-state index contributed by atoms with van der Waals surface area (Å²) in [5, 5.41) is 15.3. The summed E-state index contributed by atoms with van der Waals surface area (Å²) < 4.78 is 0. The molecule has 0 spiro atoms. The van der Waals surface area contributed by atoms with Crippen LogP contribution in [0.4, 0.5) is 0 Å². The van der Waals surface area contributed by atoms with Gasteiger partial charge in [-0.2, -0.15) is 5.10 Å². The molecule has 0 aliphatic carbocycles. The summed E-state index contributed by atoms with van der Waals surface area (Å²) in [6, 6.07) is 3.98. The summed E-state index contributed by atoms with van der Waals surface area (Å²) in [5.74, 6) is 0.0150. The predicted octanol–water partition coefficient (Wildman–Crippen LogP) is 2.14. The van der Waals surface area contributed by atoms with Crippen LogP contribution < -0.4 is 10.6 Å². The molecule has 1 amide bonds. The maximum absolute atomic E-state index is 11.8. The molecular formula is C14H20N4OS. The Kier molecular flexibility index (Phi) is 4.92. The van der Waals surface area contributed by atoms with E-state index < -0.39 is 0 Å². The van der Waals surface area contributed by atoms with E-state index in [1.54, 1.807) is 17.5 Å². The lowest BCUT2D eigenvalue weighted by atomic mass is 10.2. The van der Waals surface area contributed by atoms with E-state index >= 15 is 0 Å². The molecule has 2 rings (SSSR count). The fourth-order valence-electron chi connectivity index (χ4n) is 1.84. The Labute approximate surface area is 122 Å². The van der Waals surface area contributed by atoms with Crippen LogP contribution in [0.3, 0.4) is 0 Å². The van der Waals surface area contributed by atoms with E-state index in [2.05, 4.69) is 26.9 Å². The van der Waals surface area contributed by atoms with Gasteiger partial charge in [0.05, 0.1) is 22.8 Å². The highest BCUT2D eigenvalue weighted by Crippen LogP contribution is 2.25. The number of hydrogen-bond donors (Lipinski definition) is 3. The van der Waals surface area contributed by atoms with Crippen molar-refractivity contribution < 1.29 is 4.79 Å². The minimum atomic E-state index is -0.233. The SMILES string of the molecule is CC(C)NC(=O)C(C)NCc1cn[nH]c1-c1cccs1. The lowest BCUT2D eigenvalue weighted by Gasteiger charge is -2.15. The summed E-state index contributed by atoms with van der Waals surface area (Å²) in [6.45, 7) is 6.38. The van der Waals surface area contributed by atoms with Crippen LogP contribution in [-0.4, -0.2) is 28.2 Å². The number of carbonyl (C=O) groups excluding carboxylic acids is 1. The molecule has 1 atom stereocenters. The van der Waals surface area contributed by atoms with Gasteiger partial charge in [-0.1, -0.05) is 6.07 Å². The number of nitrogens with one attached hydrogen (secondary N) is 3. The fourth-order valence-corrected chi connectivity index (χ4v) is 2.60. The van der Waals surface area contributed by atoms with Crippen molar-refractivity contribution in [1.29, 1.82) is 0 Å². The third-order valence-electron chi connectivity index (χ3n) is 2.91. The third-order valence-corrected chi connectivity index (χ3v) is 3.80. The number of carbonyl (C=O) groups is 1. The summed E-state index contributed by atoms with van der Waals surface area (Å²) in [7, 11) is 0. The molecule has 3 N–H and O–H groups in total. The van der Waals surface area contributed by atoms with E-state index in [9.17, 15) is 4.79 Å². The molecule has 0 aliphatic rings. The van der Waals surface area contributed by atoms with Gasteiger partial charge in [0.2, 0.25) is 5.91 Å². The van der Waals surface area contributed by atoms with E-state index in [1.807, 2.05) is 32.2 Å². The zero-order valence-electron chi connectivity index (χ0n) is 11.9. The molecule has 2 aromatic rings. The fraction of sp³-hybridized carbons (Fsp3) is 0.429. The molecule has 0 fully saturated rings. The number of aromatic nitrogens is 2. The molecular weight excluding hydrogens is 272 g/mol. The first-order valence-corrected chi connectivity index (χ1v) is 7.55. The second-order valence-corrected chi connectivity index (χ2v) is 5.96. The molecule has 6 heteroatoms. The Bertz CT molecular complexity index is 547. The van der Waals surface area contributed by atoms with Gasteiger partial charge < -0.3 is 10.6 Å². The van der Waals surface area contributed by atoms with E-state index in [0.29, 0.717) is 6.54 Å². The Morgan fingerprint density at radius 1 is 1.45 bits per heavy atom. The number of amides is 1. The monoisotopic (exact) mass is 292 g/mol. The van der Waals surface area contributed by atoms with Crippen molar-refractivity contribution in [3.05, 3.63) is 29.3 Å². The van der Waals surface area contributed by atoms with Crippen LogP contribution in [-0.2, 0) is 11.3 Å². The maximum Gasteiger partial charge on any atom is 0.237 e. The second-order valence-electron chi connectivity index (χ2n) is 5.01. The van der Waals surface area contributed by atoms with Gasteiger partial charge in [0.15, 0.2) is 0 Å². The van der Waals surface area contributed by atoms with Crippen molar-refractivity contribution in [3.63, 3.8) is 0 Å². The molecule has 20 heavy (non-hydrogen) atoms. The molecule has 0 aliphatic heterocycles. The van der Waals surface area contributed by atoms with Crippen molar-refractivity contribution in [2.45, 2.75) is 39.4 Å². The molecule has 0 saturated heterocycles. The van der Waals surface area contributed by atoms with E-state index in [-0.39, 0.29) is 18.0 Å². The highest BCUT2D eigenvalue weighted by atomic mass is 32.1. The Balaban J connectivity index is 1.95. The molecule has 1 unspecified atom stereocenters. The van der Waals surface area contributed by atoms with Crippen LogP contribution in [0, 0.1) is 0 Å². The van der Waals surface area contributed by atoms with Gasteiger partial charge in [0.25, 0.3) is 0 Å². The molecule has 2 aromatic heterocycles. The number of nitrogens with zero attached hydrogens (tertiary/aromatic N) is 1. The van der Waals surface area contributed by atoms with Gasteiger partial charge in [-0.15, -0.1) is 11.3 Å². The van der Waals surface area contributed by atoms with E-state index in [1.165, 1.54) is 0 Å². The molecule has 2 heterocycles. The predicted molar refractivity (Wildman–Crippen MR) is 81.5 cm³/mol. The highest BCUT2D eigenvalue weighted by molar-refractivity contribution is 7.13. The largest absolute Gasteiger partial charge is 0.353 e. The van der Waals surface area contributed by atoms with Crippen LogP contribution in [0.5, 0.6) is 0 Å². The molecule has 108 valence electrons. The number of thiophene rings is 1. The normalized spacial score (nSPS) is 12.6. The quantitative estimate of drug-likeness (QED) is 0.764. The maximum atomic E-state index is 11.8. The van der Waals surface area contributed by atoms with Crippen LogP contribution in [0.15, 0.2) is 23.7 Å². The van der Waals surface area contributed by atoms with Crippen molar-refractivity contribution >= 4 is 17.2 Å². The van der Waals surface area contributed by atoms with E-state index in [0.717, 1.165) is 16.1 Å². The lowest BCUT2D eigenvalue weighted by molar-refractivity contribution is -0.123. The average Bonchev–Trinajstić information content (AvgIpc) is 3.05. The summed E-state index contributed by atoms with van der Waals surface area (Å²) in [4.78, 5) is 13.0. The van der Waals surface area contributed by atoms with Gasteiger partial charge >= 0.3 is 0 Å². The molecule has 0 radical (unpaired) electrons. The van der Waals surface area contributed by atoms with Gasteiger partial charge in [-0.3, -0.25) is 9.89 Å². The Hall–Kier alpha value is -1.66. The number of aromatic amines is 1. The van der Waals surface area contributed by atoms with Crippen LogP contribution >= 0.6 is 11.3 Å². The average molecular weight is 292 g/mol. The first-order valence-electron chi connectivity index (χ1n) is 6.67. The van der Waals surface area contributed by atoms with Gasteiger partial charge in [0.1, 0.15) is 0 Å². The lowest BCUT2D eigenvalue weighted by Crippen LogP contribution is -2.44. The zero-order valence-corrected chi connectivity index (χ0v) is 12.8. The first-order chi connectivity index (χ1) is 9.58. The number of rotatable bonds is 6. The minimum Gasteiger partial charge on any atom is -0.353 e. The highest BCUT2D eigenvalue weighted by Gasteiger charge is 2.15. The smallest absolute Gasteiger partial charge is 0.237 e. The Morgan fingerprint density at radius 2 is 2.25 bits per heavy atom. The number of H-pyrrole nitrogens is 1. The first kappa shape index (κ1) is 14.7. The zero-order chi connectivity index (χ0) is 14.5. The summed E-state index contributed by atoms with van der Waals surface area (Å²) in [5.41, 5.74) is 2.08. The second kappa shape index (κ2) is 6.67. The van der Waals surface area contributed by atoms with Gasteiger partial charge in [-0.25, -0.2) is 0 Å². The van der Waals surface area contributed by atoms with Gasteiger partial charge in [0, 0.05) is 18.2 Å². The minimum absolute atomic E-state index is 0.0150. The third kappa shape index (κ3) is 3.68.